The zero-order valence-corrected chi connectivity index (χ0v) is 18.0. The van der Waals surface area contributed by atoms with Gasteiger partial charge in [0.25, 0.3) is 0 Å². The number of rotatable bonds is 11. The fourth-order valence-corrected chi connectivity index (χ4v) is 22.8. The molecule has 1 aromatic heterocycles. The SMILES string of the molecule is CCC[CH2][Sn]([CH2]CCC)([CH2]CCC)[c]1nc(C2CC2)cs1. The first-order chi connectivity index (χ1) is 10.3. The van der Waals surface area contributed by atoms with E-state index < -0.39 is 18.4 Å². The van der Waals surface area contributed by atoms with Crippen molar-refractivity contribution in [2.75, 3.05) is 0 Å². The third kappa shape index (κ3) is 4.95. The molecular formula is C18H33NSSn. The quantitative estimate of drug-likeness (QED) is 0.400. The van der Waals surface area contributed by atoms with Crippen LogP contribution in [0.25, 0.3) is 0 Å². The second-order valence-corrected chi connectivity index (χ2v) is 21.8. The first-order valence-electron chi connectivity index (χ1n) is 9.21. The van der Waals surface area contributed by atoms with Gasteiger partial charge in [-0.3, -0.25) is 0 Å². The van der Waals surface area contributed by atoms with Crippen LogP contribution in [0.3, 0.4) is 0 Å². The molecule has 2 rings (SSSR count). The van der Waals surface area contributed by atoms with Crippen molar-refractivity contribution in [2.45, 2.75) is 91.4 Å². The van der Waals surface area contributed by atoms with Gasteiger partial charge >= 0.3 is 140 Å². The molecule has 1 heterocycles. The molecule has 1 aromatic rings. The Kier molecular flexibility index (Phi) is 7.54. The van der Waals surface area contributed by atoms with Gasteiger partial charge in [-0.1, -0.05) is 0 Å². The van der Waals surface area contributed by atoms with Crippen LogP contribution >= 0.6 is 11.3 Å². The Morgan fingerprint density at radius 3 is 1.95 bits per heavy atom. The van der Waals surface area contributed by atoms with Gasteiger partial charge in [0.2, 0.25) is 0 Å². The number of nitrogens with zero attached hydrogens (tertiary/aromatic N) is 1. The summed E-state index contributed by atoms with van der Waals surface area (Å²) in [5, 5.41) is 2.42. The number of hydrogen-bond acceptors (Lipinski definition) is 2. The maximum atomic E-state index is 5.22. The number of unbranched alkanes of at least 4 members (excludes halogenated alkanes) is 3. The van der Waals surface area contributed by atoms with E-state index in [2.05, 4.69) is 37.5 Å². The molecule has 21 heavy (non-hydrogen) atoms. The Hall–Kier alpha value is 0.429. The predicted molar refractivity (Wildman–Crippen MR) is 98.6 cm³/mol. The molecule has 0 aromatic carbocycles. The van der Waals surface area contributed by atoms with E-state index in [-0.39, 0.29) is 0 Å². The van der Waals surface area contributed by atoms with E-state index in [0.29, 0.717) is 0 Å². The van der Waals surface area contributed by atoms with E-state index in [9.17, 15) is 0 Å². The molecule has 3 heteroatoms. The van der Waals surface area contributed by atoms with Crippen LogP contribution in [-0.4, -0.2) is 23.4 Å². The zero-order chi connectivity index (χ0) is 15.1. The summed E-state index contributed by atoms with van der Waals surface area (Å²) in [6, 6.07) is 0. The molecule has 1 aliphatic rings. The van der Waals surface area contributed by atoms with Crippen molar-refractivity contribution in [3.8, 4) is 0 Å². The molecule has 0 aliphatic heterocycles. The van der Waals surface area contributed by atoms with Gasteiger partial charge in [-0.15, -0.1) is 0 Å². The minimum absolute atomic E-state index is 0.836. The molecule has 0 saturated heterocycles. The molecule has 1 nitrogen and oxygen atoms in total. The van der Waals surface area contributed by atoms with Crippen LogP contribution < -0.4 is 3.02 Å². The first-order valence-corrected chi connectivity index (χ1v) is 17.6. The van der Waals surface area contributed by atoms with Gasteiger partial charge in [-0.2, -0.15) is 0 Å². The van der Waals surface area contributed by atoms with Gasteiger partial charge in [0.1, 0.15) is 0 Å². The van der Waals surface area contributed by atoms with Crippen molar-refractivity contribution in [3.05, 3.63) is 11.1 Å². The zero-order valence-electron chi connectivity index (χ0n) is 14.3. The van der Waals surface area contributed by atoms with Crippen molar-refractivity contribution in [2.24, 2.45) is 0 Å². The normalized spacial score (nSPS) is 15.6. The van der Waals surface area contributed by atoms with Gasteiger partial charge in [0, 0.05) is 0 Å². The van der Waals surface area contributed by atoms with Crippen LogP contribution in [0, 0.1) is 0 Å². The molecule has 1 saturated carbocycles. The summed E-state index contributed by atoms with van der Waals surface area (Å²) in [5.74, 6) is 0.836. The second kappa shape index (κ2) is 8.90. The van der Waals surface area contributed by atoms with Gasteiger partial charge in [0.05, 0.1) is 0 Å². The molecule has 0 atom stereocenters. The Labute approximate surface area is 139 Å². The van der Waals surface area contributed by atoms with Crippen LogP contribution in [0.2, 0.25) is 13.3 Å². The van der Waals surface area contributed by atoms with Crippen LogP contribution in [0.1, 0.15) is 83.7 Å². The Morgan fingerprint density at radius 1 is 1.00 bits per heavy atom. The first kappa shape index (κ1) is 17.8. The predicted octanol–water partition coefficient (Wildman–Crippen LogP) is 6.08. The number of hydrogen-bond donors (Lipinski definition) is 0. The summed E-state index contributed by atoms with van der Waals surface area (Å²) in [6.45, 7) is 7.06. The van der Waals surface area contributed by atoms with Crippen molar-refractivity contribution < 1.29 is 0 Å². The van der Waals surface area contributed by atoms with Crippen LogP contribution in [0.5, 0.6) is 0 Å². The summed E-state index contributed by atoms with van der Waals surface area (Å²) >= 11 is -0.143. The van der Waals surface area contributed by atoms with E-state index in [4.69, 9.17) is 4.98 Å². The van der Waals surface area contributed by atoms with E-state index in [1.807, 2.05) is 0 Å². The summed E-state index contributed by atoms with van der Waals surface area (Å²) < 4.78 is 6.36. The topological polar surface area (TPSA) is 12.9 Å². The molecule has 0 spiro atoms. The van der Waals surface area contributed by atoms with Gasteiger partial charge in [-0.05, 0) is 0 Å². The van der Waals surface area contributed by atoms with Crippen molar-refractivity contribution in [1.82, 2.24) is 4.98 Å². The molecule has 0 radical (unpaired) electrons. The molecule has 0 bridgehead atoms. The van der Waals surface area contributed by atoms with Crippen LogP contribution in [0.4, 0.5) is 0 Å². The van der Waals surface area contributed by atoms with Crippen molar-refractivity contribution in [1.29, 1.82) is 0 Å². The summed E-state index contributed by atoms with van der Waals surface area (Å²) in [6.07, 6.45) is 11.2. The van der Waals surface area contributed by atoms with Gasteiger partial charge in [-0.25, -0.2) is 0 Å². The Morgan fingerprint density at radius 2 is 1.52 bits per heavy atom. The Balaban J connectivity index is 2.19. The summed E-state index contributed by atoms with van der Waals surface area (Å²) in [5.41, 5.74) is 1.46. The van der Waals surface area contributed by atoms with Crippen LogP contribution in [0.15, 0.2) is 5.38 Å². The number of thiazole rings is 1. The van der Waals surface area contributed by atoms with Gasteiger partial charge in [0.15, 0.2) is 0 Å². The van der Waals surface area contributed by atoms with E-state index in [0.717, 1.165) is 5.92 Å². The third-order valence-electron chi connectivity index (χ3n) is 5.00. The minimum atomic E-state index is -2.20. The molecule has 0 N–H and O–H groups in total. The maximum absolute atomic E-state index is 5.22. The average Bonchev–Trinajstić information content (AvgIpc) is 3.24. The van der Waals surface area contributed by atoms with Gasteiger partial charge < -0.3 is 0 Å². The molecule has 0 amide bonds. The van der Waals surface area contributed by atoms with E-state index >= 15 is 0 Å². The molecule has 1 aliphatic carbocycles. The standard InChI is InChI=1S/C6H6NS.3C4H9.Sn/c1-2-5(1)6-3-8-4-7-6;3*1-3-4-2;/h3,5H,1-2H2;3*1,3-4H2,2H3;. The third-order valence-corrected chi connectivity index (χ3v) is 23.7. The average molecular weight is 414 g/mol. The fourth-order valence-electron chi connectivity index (χ4n) is 3.34. The molecule has 120 valence electrons. The monoisotopic (exact) mass is 415 g/mol. The molecule has 1 fully saturated rings. The molecular weight excluding hydrogens is 381 g/mol. The van der Waals surface area contributed by atoms with Crippen molar-refractivity contribution in [3.63, 3.8) is 0 Å². The van der Waals surface area contributed by atoms with Crippen molar-refractivity contribution >= 4 is 32.7 Å². The second-order valence-electron chi connectivity index (χ2n) is 6.94. The summed E-state index contributed by atoms with van der Waals surface area (Å²) in [7, 11) is 0. The van der Waals surface area contributed by atoms with E-state index in [1.165, 1.54) is 57.1 Å². The van der Waals surface area contributed by atoms with E-state index in [1.54, 1.807) is 16.3 Å². The number of aromatic nitrogens is 1. The Bertz CT molecular complexity index is 389. The van der Waals surface area contributed by atoms with Crippen LogP contribution in [-0.2, 0) is 0 Å². The summed E-state index contributed by atoms with van der Waals surface area (Å²) in [4.78, 5) is 5.22. The molecule has 0 unspecified atom stereocenters. The fraction of sp³-hybridized carbons (Fsp3) is 0.833.